The minimum atomic E-state index is 0.122. The number of imidazole rings is 1. The molecule has 1 aliphatic rings. The van der Waals surface area contributed by atoms with E-state index in [1.165, 1.54) is 10.1 Å². The van der Waals surface area contributed by atoms with Crippen molar-refractivity contribution in [3.05, 3.63) is 70.9 Å². The van der Waals surface area contributed by atoms with Gasteiger partial charge in [0, 0.05) is 41.5 Å². The molecule has 0 unspecified atom stereocenters. The smallest absolute Gasteiger partial charge is 0.254 e. The molecule has 1 aromatic carbocycles. The Kier molecular flexibility index (Phi) is 4.69. The van der Waals surface area contributed by atoms with Crippen LogP contribution in [0.3, 0.4) is 0 Å². The quantitative estimate of drug-likeness (QED) is 0.398. The number of likely N-dealkylation sites (tertiary alicyclic amines) is 1. The van der Waals surface area contributed by atoms with Gasteiger partial charge in [-0.05, 0) is 41.8 Å². The predicted molar refractivity (Wildman–Crippen MR) is 130 cm³/mol. The minimum absolute atomic E-state index is 0.122. The van der Waals surface area contributed by atoms with Crippen LogP contribution in [0.15, 0.2) is 59.6 Å². The second-order valence-electron chi connectivity index (χ2n) is 8.08. The van der Waals surface area contributed by atoms with E-state index in [2.05, 4.69) is 39.7 Å². The fourth-order valence-corrected chi connectivity index (χ4v) is 6.24. The highest BCUT2D eigenvalue weighted by Crippen LogP contribution is 2.39. The molecule has 6 nitrogen and oxygen atoms in total. The summed E-state index contributed by atoms with van der Waals surface area (Å²) in [5, 5.41) is 5.08. The maximum Gasteiger partial charge on any atom is 0.254 e. The van der Waals surface area contributed by atoms with E-state index in [4.69, 9.17) is 10.7 Å². The molecule has 0 radical (unpaired) electrons. The summed E-state index contributed by atoms with van der Waals surface area (Å²) in [7, 11) is 0. The Balaban J connectivity index is 1.35. The fourth-order valence-electron chi connectivity index (χ4n) is 4.55. The summed E-state index contributed by atoms with van der Waals surface area (Å²) in [4.78, 5) is 25.2. The summed E-state index contributed by atoms with van der Waals surface area (Å²) < 4.78 is 3.33. The maximum absolute atomic E-state index is 12.7. The summed E-state index contributed by atoms with van der Waals surface area (Å²) in [6.07, 6.45) is 5.44. The van der Waals surface area contributed by atoms with E-state index < -0.39 is 0 Å². The van der Waals surface area contributed by atoms with Crippen molar-refractivity contribution >= 4 is 50.0 Å². The number of carbonyl (C=O) groups excluding carboxylic acids is 1. The van der Waals surface area contributed by atoms with Gasteiger partial charge >= 0.3 is 0 Å². The summed E-state index contributed by atoms with van der Waals surface area (Å²) in [5.41, 5.74) is 8.87. The lowest BCUT2D eigenvalue weighted by molar-refractivity contribution is 0.0711. The highest BCUT2D eigenvalue weighted by Gasteiger charge is 2.29. The fraction of sp³-hybridized carbons (Fsp3) is 0.208. The van der Waals surface area contributed by atoms with E-state index >= 15 is 0 Å². The van der Waals surface area contributed by atoms with Crippen LogP contribution in [-0.4, -0.2) is 38.3 Å². The molecule has 5 heterocycles. The molecule has 1 saturated heterocycles. The predicted octanol–water partition coefficient (Wildman–Crippen LogP) is 5.27. The van der Waals surface area contributed by atoms with Gasteiger partial charge in [0.25, 0.3) is 5.91 Å². The first kappa shape index (κ1) is 19.5. The summed E-state index contributed by atoms with van der Waals surface area (Å²) in [5.74, 6) is 1.88. The first-order chi connectivity index (χ1) is 15.7. The van der Waals surface area contributed by atoms with E-state index in [-0.39, 0.29) is 11.8 Å². The van der Waals surface area contributed by atoms with Gasteiger partial charge in [-0.2, -0.15) is 11.3 Å². The lowest BCUT2D eigenvalue weighted by Crippen LogP contribution is -2.38. The highest BCUT2D eigenvalue weighted by atomic mass is 32.1. The van der Waals surface area contributed by atoms with Crippen LogP contribution >= 0.6 is 22.7 Å². The third-order valence-electron chi connectivity index (χ3n) is 6.18. The number of fused-ring (bicyclic) bond motifs is 2. The number of benzene rings is 1. The summed E-state index contributed by atoms with van der Waals surface area (Å²) in [6, 6.07) is 12.4. The molecule has 0 spiro atoms. The van der Waals surface area contributed by atoms with Crippen LogP contribution in [0.2, 0.25) is 0 Å². The molecular formula is C24H21N5OS2. The SMILES string of the molecule is Nc1nccn2c(C3CCN(C(=O)c4ccsc4)CC3)nc(-c3cc4ccccc4s3)c12. The third kappa shape index (κ3) is 3.18. The molecule has 2 N–H and O–H groups in total. The largest absolute Gasteiger partial charge is 0.382 e. The first-order valence-electron chi connectivity index (χ1n) is 10.6. The van der Waals surface area contributed by atoms with Crippen molar-refractivity contribution in [1.82, 2.24) is 19.3 Å². The average Bonchev–Trinajstić information content (AvgIpc) is 3.57. The number of hydrogen-bond acceptors (Lipinski definition) is 6. The van der Waals surface area contributed by atoms with Crippen LogP contribution in [0, 0.1) is 0 Å². The van der Waals surface area contributed by atoms with Crippen molar-refractivity contribution in [3.8, 4) is 10.6 Å². The zero-order valence-electron chi connectivity index (χ0n) is 17.3. The van der Waals surface area contributed by atoms with Gasteiger partial charge in [-0.25, -0.2) is 9.97 Å². The second kappa shape index (κ2) is 7.72. The van der Waals surface area contributed by atoms with Crippen molar-refractivity contribution in [2.45, 2.75) is 18.8 Å². The van der Waals surface area contributed by atoms with Gasteiger partial charge < -0.3 is 10.6 Å². The molecular weight excluding hydrogens is 438 g/mol. The molecule has 8 heteroatoms. The van der Waals surface area contributed by atoms with Gasteiger partial charge in [-0.3, -0.25) is 9.20 Å². The second-order valence-corrected chi connectivity index (χ2v) is 9.94. The normalized spacial score (nSPS) is 15.1. The van der Waals surface area contributed by atoms with Crippen molar-refractivity contribution in [2.75, 3.05) is 18.8 Å². The molecule has 4 aromatic heterocycles. The monoisotopic (exact) mass is 459 g/mol. The van der Waals surface area contributed by atoms with Crippen LogP contribution in [0.4, 0.5) is 5.82 Å². The number of carbonyl (C=O) groups is 1. The van der Waals surface area contributed by atoms with Crippen LogP contribution in [0.25, 0.3) is 26.2 Å². The summed E-state index contributed by atoms with van der Waals surface area (Å²) >= 11 is 3.28. The number of nitrogen functional groups attached to an aromatic ring is 1. The molecule has 32 heavy (non-hydrogen) atoms. The Hall–Kier alpha value is -3.23. The van der Waals surface area contributed by atoms with Crippen molar-refractivity contribution in [3.63, 3.8) is 0 Å². The number of nitrogens with zero attached hydrogens (tertiary/aromatic N) is 4. The Morgan fingerprint density at radius 2 is 2.00 bits per heavy atom. The van der Waals surface area contributed by atoms with E-state index in [0.717, 1.165) is 53.4 Å². The molecule has 160 valence electrons. The molecule has 5 aromatic rings. The zero-order chi connectivity index (χ0) is 21.7. The summed E-state index contributed by atoms with van der Waals surface area (Å²) in [6.45, 7) is 1.46. The van der Waals surface area contributed by atoms with E-state index in [1.54, 1.807) is 28.9 Å². The highest BCUT2D eigenvalue weighted by molar-refractivity contribution is 7.22. The standard InChI is InChI=1S/C24H21N5OS2/c25-22-21-20(19-13-16-3-1-2-4-18(16)32-19)27-23(29(21)11-8-26-22)15-5-9-28(10-6-15)24(30)17-7-12-31-14-17/h1-4,7-8,11-15H,5-6,9-10H2,(H2,25,26). The van der Waals surface area contributed by atoms with Crippen LogP contribution in [0.5, 0.6) is 0 Å². The number of thiophene rings is 2. The van der Waals surface area contributed by atoms with Gasteiger partial charge in [-0.15, -0.1) is 11.3 Å². The molecule has 0 bridgehead atoms. The molecule has 1 amide bonds. The number of hydrogen-bond donors (Lipinski definition) is 1. The van der Waals surface area contributed by atoms with Gasteiger partial charge in [0.15, 0.2) is 0 Å². The maximum atomic E-state index is 12.7. The molecule has 1 fully saturated rings. The van der Waals surface area contributed by atoms with Gasteiger partial charge in [0.2, 0.25) is 0 Å². The average molecular weight is 460 g/mol. The molecule has 6 rings (SSSR count). The number of rotatable bonds is 3. The van der Waals surface area contributed by atoms with E-state index in [0.29, 0.717) is 5.82 Å². The Labute approximate surface area is 193 Å². The van der Waals surface area contributed by atoms with Gasteiger partial charge in [0.1, 0.15) is 22.9 Å². The number of nitrogens with two attached hydrogens (primary N) is 1. The number of aromatic nitrogens is 3. The number of anilines is 1. The molecule has 0 atom stereocenters. The third-order valence-corrected chi connectivity index (χ3v) is 7.99. The van der Waals surface area contributed by atoms with Crippen LogP contribution in [-0.2, 0) is 0 Å². The Morgan fingerprint density at radius 1 is 1.16 bits per heavy atom. The van der Waals surface area contributed by atoms with Crippen LogP contribution in [0.1, 0.15) is 34.9 Å². The molecule has 0 aliphatic carbocycles. The lowest BCUT2D eigenvalue weighted by Gasteiger charge is -2.31. The minimum Gasteiger partial charge on any atom is -0.382 e. The topological polar surface area (TPSA) is 76.5 Å². The van der Waals surface area contributed by atoms with E-state index in [9.17, 15) is 4.79 Å². The van der Waals surface area contributed by atoms with Crippen molar-refractivity contribution < 1.29 is 4.79 Å². The lowest BCUT2D eigenvalue weighted by atomic mass is 9.95. The number of amides is 1. The first-order valence-corrected chi connectivity index (χ1v) is 12.4. The Bertz CT molecular complexity index is 1390. The molecule has 1 aliphatic heterocycles. The van der Waals surface area contributed by atoms with Crippen LogP contribution < -0.4 is 5.73 Å². The van der Waals surface area contributed by atoms with E-state index in [1.807, 2.05) is 27.9 Å². The Morgan fingerprint density at radius 3 is 2.78 bits per heavy atom. The zero-order valence-corrected chi connectivity index (χ0v) is 18.9. The van der Waals surface area contributed by atoms with Gasteiger partial charge in [-0.1, -0.05) is 18.2 Å². The van der Waals surface area contributed by atoms with Crippen molar-refractivity contribution in [1.29, 1.82) is 0 Å². The molecule has 0 saturated carbocycles. The van der Waals surface area contributed by atoms with Gasteiger partial charge in [0.05, 0.1) is 10.4 Å². The number of piperidine rings is 1. The van der Waals surface area contributed by atoms with Crippen molar-refractivity contribution in [2.24, 2.45) is 0 Å².